The smallest absolute Gasteiger partial charge is 0.242 e. The molecule has 2 rings (SSSR count). The van der Waals surface area contributed by atoms with Crippen LogP contribution in [-0.4, -0.2) is 56.7 Å². The van der Waals surface area contributed by atoms with E-state index in [0.717, 1.165) is 18.7 Å². The van der Waals surface area contributed by atoms with Crippen molar-refractivity contribution in [2.75, 3.05) is 50.8 Å². The quantitative estimate of drug-likeness (QED) is 0.850. The zero-order valence-electron chi connectivity index (χ0n) is 12.8. The molecule has 0 spiro atoms. The monoisotopic (exact) mass is 291 g/mol. The molecule has 0 radical (unpaired) electrons. The third-order valence-corrected chi connectivity index (χ3v) is 3.69. The summed E-state index contributed by atoms with van der Waals surface area (Å²) in [6.45, 7) is 6.56. The number of carbonyl (C=O) groups is 1. The predicted molar refractivity (Wildman–Crippen MR) is 84.5 cm³/mol. The average molecular weight is 291 g/mol. The Balaban J connectivity index is 2.03. The van der Waals surface area contributed by atoms with E-state index >= 15 is 0 Å². The summed E-state index contributed by atoms with van der Waals surface area (Å²) in [5.41, 5.74) is 7.91. The van der Waals surface area contributed by atoms with Gasteiger partial charge in [0.15, 0.2) is 0 Å². The molecule has 2 N–H and O–H groups in total. The number of nitrogens with two attached hydrogens (primary N) is 1. The van der Waals surface area contributed by atoms with Crippen molar-refractivity contribution in [3.63, 3.8) is 0 Å². The lowest BCUT2D eigenvalue weighted by Gasteiger charge is -2.31. The summed E-state index contributed by atoms with van der Waals surface area (Å²) < 4.78 is 5.30. The van der Waals surface area contributed by atoms with Crippen molar-refractivity contribution >= 4 is 11.6 Å². The first-order chi connectivity index (χ1) is 10.2. The Hall–Kier alpha value is -1.59. The minimum atomic E-state index is 0.164. The summed E-state index contributed by atoms with van der Waals surface area (Å²) in [4.78, 5) is 16.4. The van der Waals surface area contributed by atoms with Gasteiger partial charge < -0.3 is 20.3 Å². The molecule has 1 amide bonds. The summed E-state index contributed by atoms with van der Waals surface area (Å²) in [5, 5.41) is 0. The summed E-state index contributed by atoms with van der Waals surface area (Å²) in [6, 6.07) is 8.26. The van der Waals surface area contributed by atoms with E-state index in [-0.39, 0.29) is 5.91 Å². The lowest BCUT2D eigenvalue weighted by Crippen LogP contribution is -2.46. The number of ether oxygens (including phenoxy) is 1. The highest BCUT2D eigenvalue weighted by atomic mass is 16.5. The number of hydrogen-bond acceptors (Lipinski definition) is 4. The third kappa shape index (κ3) is 4.72. The van der Waals surface area contributed by atoms with Crippen molar-refractivity contribution < 1.29 is 9.53 Å². The lowest BCUT2D eigenvalue weighted by molar-refractivity contribution is -0.133. The average Bonchev–Trinajstić information content (AvgIpc) is 2.52. The maximum atomic E-state index is 12.4. The van der Waals surface area contributed by atoms with Crippen molar-refractivity contribution in [3.05, 3.63) is 29.8 Å². The van der Waals surface area contributed by atoms with Crippen LogP contribution in [0.15, 0.2) is 24.3 Å². The number of morpholine rings is 1. The largest absolute Gasteiger partial charge is 0.378 e. The molecule has 0 aromatic heterocycles. The molecule has 1 heterocycles. The van der Waals surface area contributed by atoms with E-state index < -0.39 is 0 Å². The first-order valence-electron chi connectivity index (χ1n) is 7.58. The van der Waals surface area contributed by atoms with Crippen LogP contribution >= 0.6 is 0 Å². The van der Waals surface area contributed by atoms with Crippen molar-refractivity contribution in [3.8, 4) is 0 Å². The van der Waals surface area contributed by atoms with Crippen LogP contribution in [0.2, 0.25) is 0 Å². The van der Waals surface area contributed by atoms with Gasteiger partial charge in [-0.15, -0.1) is 0 Å². The van der Waals surface area contributed by atoms with E-state index in [1.54, 1.807) is 0 Å². The van der Waals surface area contributed by atoms with Gasteiger partial charge in [0.2, 0.25) is 5.91 Å². The zero-order valence-corrected chi connectivity index (χ0v) is 12.8. The standard InChI is InChI=1S/C16H25N3O2/c1-14-4-2-5-15(12-14)19(7-3-6-17)13-16(20)18-8-10-21-11-9-18/h2,4-5,12H,3,6-11,13,17H2,1H3. The second kappa shape index (κ2) is 8.00. The molecular weight excluding hydrogens is 266 g/mol. The highest BCUT2D eigenvalue weighted by Gasteiger charge is 2.19. The highest BCUT2D eigenvalue weighted by molar-refractivity contribution is 5.81. The van der Waals surface area contributed by atoms with Crippen LogP contribution < -0.4 is 10.6 Å². The molecule has 0 atom stereocenters. The summed E-state index contributed by atoms with van der Waals surface area (Å²) in [6.07, 6.45) is 0.879. The second-order valence-corrected chi connectivity index (χ2v) is 5.40. The third-order valence-electron chi connectivity index (χ3n) is 3.69. The molecule has 116 valence electrons. The Labute approximate surface area is 126 Å². The normalized spacial score (nSPS) is 15.0. The van der Waals surface area contributed by atoms with Gasteiger partial charge in [0.25, 0.3) is 0 Å². The van der Waals surface area contributed by atoms with E-state index in [4.69, 9.17) is 10.5 Å². The minimum Gasteiger partial charge on any atom is -0.378 e. The Morgan fingerprint density at radius 2 is 2.14 bits per heavy atom. The van der Waals surface area contributed by atoms with Crippen LogP contribution in [0.4, 0.5) is 5.69 Å². The SMILES string of the molecule is Cc1cccc(N(CCCN)CC(=O)N2CCOCC2)c1. The lowest BCUT2D eigenvalue weighted by atomic mass is 10.2. The molecule has 1 aromatic carbocycles. The molecule has 1 aliphatic rings. The molecule has 1 fully saturated rings. The van der Waals surface area contributed by atoms with E-state index in [1.165, 1.54) is 5.56 Å². The topological polar surface area (TPSA) is 58.8 Å². The van der Waals surface area contributed by atoms with Gasteiger partial charge >= 0.3 is 0 Å². The van der Waals surface area contributed by atoms with Gasteiger partial charge in [-0.1, -0.05) is 12.1 Å². The highest BCUT2D eigenvalue weighted by Crippen LogP contribution is 2.16. The van der Waals surface area contributed by atoms with E-state index in [1.807, 2.05) is 11.0 Å². The first kappa shape index (κ1) is 15.8. The van der Waals surface area contributed by atoms with Crippen LogP contribution in [0, 0.1) is 6.92 Å². The molecular formula is C16H25N3O2. The number of amides is 1. The number of aryl methyl sites for hydroxylation is 1. The minimum absolute atomic E-state index is 0.164. The second-order valence-electron chi connectivity index (χ2n) is 5.40. The van der Waals surface area contributed by atoms with Crippen LogP contribution in [0.5, 0.6) is 0 Å². The fourth-order valence-corrected chi connectivity index (χ4v) is 2.48. The van der Waals surface area contributed by atoms with Crippen LogP contribution in [0.3, 0.4) is 0 Å². The molecule has 1 aliphatic heterocycles. The van der Waals surface area contributed by atoms with Crippen LogP contribution in [0.1, 0.15) is 12.0 Å². The number of hydrogen-bond donors (Lipinski definition) is 1. The summed E-state index contributed by atoms with van der Waals surface area (Å²) in [7, 11) is 0. The van der Waals surface area contributed by atoms with Gasteiger partial charge in [0.1, 0.15) is 0 Å². The fourth-order valence-electron chi connectivity index (χ4n) is 2.48. The van der Waals surface area contributed by atoms with Crippen LogP contribution in [-0.2, 0) is 9.53 Å². The molecule has 1 saturated heterocycles. The van der Waals surface area contributed by atoms with Gasteiger partial charge in [-0.25, -0.2) is 0 Å². The van der Waals surface area contributed by atoms with Crippen molar-refractivity contribution in [1.29, 1.82) is 0 Å². The van der Waals surface area contributed by atoms with Gasteiger partial charge in [0.05, 0.1) is 19.8 Å². The summed E-state index contributed by atoms with van der Waals surface area (Å²) >= 11 is 0. The van der Waals surface area contributed by atoms with Gasteiger partial charge in [0, 0.05) is 25.3 Å². The van der Waals surface area contributed by atoms with E-state index in [0.29, 0.717) is 39.4 Å². The number of anilines is 1. The van der Waals surface area contributed by atoms with Crippen molar-refractivity contribution in [1.82, 2.24) is 4.90 Å². The Kier molecular flexibility index (Phi) is 6.02. The Morgan fingerprint density at radius 1 is 1.38 bits per heavy atom. The Bertz CT molecular complexity index is 459. The molecule has 0 unspecified atom stereocenters. The van der Waals surface area contributed by atoms with Crippen LogP contribution in [0.25, 0.3) is 0 Å². The number of rotatable bonds is 6. The van der Waals surface area contributed by atoms with Gasteiger partial charge in [-0.05, 0) is 37.6 Å². The van der Waals surface area contributed by atoms with Gasteiger partial charge in [-0.2, -0.15) is 0 Å². The van der Waals surface area contributed by atoms with E-state index in [2.05, 4.69) is 30.0 Å². The Morgan fingerprint density at radius 3 is 2.81 bits per heavy atom. The number of nitrogens with zero attached hydrogens (tertiary/aromatic N) is 2. The van der Waals surface area contributed by atoms with Gasteiger partial charge in [-0.3, -0.25) is 4.79 Å². The van der Waals surface area contributed by atoms with Crippen molar-refractivity contribution in [2.24, 2.45) is 5.73 Å². The van der Waals surface area contributed by atoms with E-state index in [9.17, 15) is 4.79 Å². The first-order valence-corrected chi connectivity index (χ1v) is 7.58. The maximum absolute atomic E-state index is 12.4. The molecule has 5 heteroatoms. The molecule has 1 aromatic rings. The number of benzene rings is 1. The number of carbonyl (C=O) groups excluding carboxylic acids is 1. The maximum Gasteiger partial charge on any atom is 0.242 e. The van der Waals surface area contributed by atoms with Crippen molar-refractivity contribution in [2.45, 2.75) is 13.3 Å². The molecule has 21 heavy (non-hydrogen) atoms. The fraction of sp³-hybridized carbons (Fsp3) is 0.562. The molecule has 0 saturated carbocycles. The molecule has 5 nitrogen and oxygen atoms in total. The predicted octanol–water partition coefficient (Wildman–Crippen LogP) is 1.01. The summed E-state index contributed by atoms with van der Waals surface area (Å²) in [5.74, 6) is 0.164. The molecule has 0 bridgehead atoms. The zero-order chi connectivity index (χ0) is 15.1. The molecule has 0 aliphatic carbocycles.